The molecule has 0 spiro atoms. The van der Waals surface area contributed by atoms with Gasteiger partial charge < -0.3 is 15.1 Å². The van der Waals surface area contributed by atoms with Gasteiger partial charge in [-0.3, -0.25) is 0 Å². The summed E-state index contributed by atoms with van der Waals surface area (Å²) >= 11 is 0. The highest BCUT2D eigenvalue weighted by Gasteiger charge is 2.20. The van der Waals surface area contributed by atoms with Gasteiger partial charge in [-0.25, -0.2) is 0 Å². The molecule has 2 aliphatic rings. The molecule has 0 radical (unpaired) electrons. The Balaban J connectivity index is 1.57. The van der Waals surface area contributed by atoms with Crippen LogP contribution in [-0.4, -0.2) is 41.1 Å². The summed E-state index contributed by atoms with van der Waals surface area (Å²) in [6.07, 6.45) is 7.48. The average Bonchev–Trinajstić information content (AvgIpc) is 2.73. The third kappa shape index (κ3) is 4.72. The Morgan fingerprint density at radius 3 is 1.71 bits per heavy atom. The normalized spacial score (nSPS) is 17.6. The molecule has 0 saturated carbocycles. The van der Waals surface area contributed by atoms with E-state index in [1.807, 2.05) is 0 Å². The van der Waals surface area contributed by atoms with Crippen molar-refractivity contribution in [1.29, 1.82) is 0 Å². The van der Waals surface area contributed by atoms with Gasteiger partial charge in [0.2, 0.25) is 17.8 Å². The third-order valence-corrected chi connectivity index (χ3v) is 5.62. The van der Waals surface area contributed by atoms with Crippen LogP contribution in [0, 0.1) is 13.8 Å². The number of aromatic nitrogens is 3. The van der Waals surface area contributed by atoms with E-state index in [2.05, 4.69) is 47.2 Å². The van der Waals surface area contributed by atoms with E-state index in [4.69, 9.17) is 15.0 Å². The summed E-state index contributed by atoms with van der Waals surface area (Å²) in [7, 11) is 0. The quantitative estimate of drug-likeness (QED) is 0.843. The zero-order valence-corrected chi connectivity index (χ0v) is 17.2. The monoisotopic (exact) mass is 380 g/mol. The maximum Gasteiger partial charge on any atom is 0.231 e. The molecule has 2 fully saturated rings. The van der Waals surface area contributed by atoms with Gasteiger partial charge in [-0.15, -0.1) is 0 Å². The Bertz CT molecular complexity index is 737. The minimum absolute atomic E-state index is 0.690. The van der Waals surface area contributed by atoms with Gasteiger partial charge in [0, 0.05) is 32.7 Å². The molecule has 0 atom stereocenters. The molecule has 1 aromatic carbocycles. The lowest BCUT2D eigenvalue weighted by atomic mass is 10.1. The van der Waals surface area contributed by atoms with E-state index in [9.17, 15) is 0 Å². The number of piperidine rings is 2. The van der Waals surface area contributed by atoms with Gasteiger partial charge in [0.1, 0.15) is 0 Å². The van der Waals surface area contributed by atoms with Gasteiger partial charge in [0.25, 0.3) is 0 Å². The summed E-state index contributed by atoms with van der Waals surface area (Å²) in [5.41, 5.74) is 3.84. The van der Waals surface area contributed by atoms with Crippen LogP contribution in [0.1, 0.15) is 55.2 Å². The third-order valence-electron chi connectivity index (χ3n) is 5.62. The molecule has 0 aliphatic carbocycles. The number of nitrogens with one attached hydrogen (secondary N) is 1. The van der Waals surface area contributed by atoms with Crippen LogP contribution < -0.4 is 15.1 Å². The lowest BCUT2D eigenvalue weighted by Crippen LogP contribution is -2.34. The van der Waals surface area contributed by atoms with Gasteiger partial charge in [-0.1, -0.05) is 29.3 Å². The first-order valence-corrected chi connectivity index (χ1v) is 10.7. The summed E-state index contributed by atoms with van der Waals surface area (Å²) in [4.78, 5) is 19.0. The molecule has 0 amide bonds. The van der Waals surface area contributed by atoms with Crippen molar-refractivity contribution in [3.63, 3.8) is 0 Å². The molecule has 4 rings (SSSR count). The highest BCUT2D eigenvalue weighted by atomic mass is 15.4. The van der Waals surface area contributed by atoms with Crippen molar-refractivity contribution in [2.24, 2.45) is 0 Å². The minimum Gasteiger partial charge on any atom is -0.350 e. The molecule has 1 aromatic heterocycles. The van der Waals surface area contributed by atoms with Crippen molar-refractivity contribution in [3.05, 3.63) is 34.9 Å². The van der Waals surface area contributed by atoms with Gasteiger partial charge in [-0.05, 0) is 57.9 Å². The van der Waals surface area contributed by atoms with E-state index in [-0.39, 0.29) is 0 Å². The second kappa shape index (κ2) is 8.76. The first kappa shape index (κ1) is 19.0. The van der Waals surface area contributed by atoms with Crippen LogP contribution in [-0.2, 0) is 6.54 Å². The van der Waals surface area contributed by atoms with Crippen LogP contribution in [0.25, 0.3) is 0 Å². The standard InChI is InChI=1S/C22H32N6/c1-17-13-18(2)15-19(14-17)16-23-20-24-21(27-9-5-3-6-10-27)26-22(25-20)28-11-7-4-8-12-28/h13-15H,3-12,16H2,1-2H3,(H,23,24,25,26). The molecule has 6 heteroatoms. The van der Waals surface area contributed by atoms with E-state index in [0.717, 1.165) is 44.6 Å². The van der Waals surface area contributed by atoms with Crippen molar-refractivity contribution in [1.82, 2.24) is 15.0 Å². The van der Waals surface area contributed by atoms with Crippen LogP contribution >= 0.6 is 0 Å². The number of rotatable bonds is 5. The summed E-state index contributed by atoms with van der Waals surface area (Å²) in [6.45, 7) is 9.18. The van der Waals surface area contributed by atoms with Crippen LogP contribution in [0.3, 0.4) is 0 Å². The number of hydrogen-bond acceptors (Lipinski definition) is 6. The van der Waals surface area contributed by atoms with Crippen LogP contribution in [0.5, 0.6) is 0 Å². The van der Waals surface area contributed by atoms with Crippen molar-refractivity contribution in [2.45, 2.75) is 58.9 Å². The highest BCUT2D eigenvalue weighted by Crippen LogP contribution is 2.23. The van der Waals surface area contributed by atoms with Crippen molar-refractivity contribution in [2.75, 3.05) is 41.3 Å². The SMILES string of the molecule is Cc1cc(C)cc(CNc2nc(N3CCCCC3)nc(N3CCCCC3)n2)c1. The van der Waals surface area contributed by atoms with E-state index < -0.39 is 0 Å². The fraction of sp³-hybridized carbons (Fsp3) is 0.591. The van der Waals surface area contributed by atoms with E-state index in [1.54, 1.807) is 0 Å². The molecule has 150 valence electrons. The maximum absolute atomic E-state index is 4.85. The summed E-state index contributed by atoms with van der Waals surface area (Å²) in [6, 6.07) is 6.64. The smallest absolute Gasteiger partial charge is 0.231 e. The largest absolute Gasteiger partial charge is 0.350 e. The predicted molar refractivity (Wildman–Crippen MR) is 115 cm³/mol. The van der Waals surface area contributed by atoms with Crippen molar-refractivity contribution in [3.8, 4) is 0 Å². The highest BCUT2D eigenvalue weighted by molar-refractivity contribution is 5.46. The molecule has 0 unspecified atom stereocenters. The Morgan fingerprint density at radius 1 is 0.714 bits per heavy atom. The second-order valence-electron chi connectivity index (χ2n) is 8.20. The van der Waals surface area contributed by atoms with E-state index in [0.29, 0.717) is 5.95 Å². The lowest BCUT2D eigenvalue weighted by Gasteiger charge is -2.30. The Labute approximate surface area is 168 Å². The van der Waals surface area contributed by atoms with Gasteiger partial charge in [-0.2, -0.15) is 15.0 Å². The minimum atomic E-state index is 0.690. The fourth-order valence-corrected chi connectivity index (χ4v) is 4.26. The zero-order chi connectivity index (χ0) is 19.3. The Hall–Kier alpha value is -2.37. The molecule has 6 nitrogen and oxygen atoms in total. The van der Waals surface area contributed by atoms with Gasteiger partial charge in [0.15, 0.2) is 0 Å². The molecule has 2 saturated heterocycles. The molecule has 3 heterocycles. The second-order valence-corrected chi connectivity index (χ2v) is 8.20. The van der Waals surface area contributed by atoms with Crippen molar-refractivity contribution >= 4 is 17.8 Å². The molecule has 2 aromatic rings. The molecule has 1 N–H and O–H groups in total. The number of aryl methyl sites for hydroxylation is 2. The summed E-state index contributed by atoms with van der Waals surface area (Å²) in [5, 5.41) is 3.46. The number of hydrogen-bond donors (Lipinski definition) is 1. The predicted octanol–water partition coefficient (Wildman–Crippen LogP) is 4.08. The van der Waals surface area contributed by atoms with Crippen LogP contribution in [0.4, 0.5) is 17.8 Å². The van der Waals surface area contributed by atoms with E-state index >= 15 is 0 Å². The molecular formula is C22H32N6. The Kier molecular flexibility index (Phi) is 5.93. The lowest BCUT2D eigenvalue weighted by molar-refractivity contribution is 0.556. The maximum atomic E-state index is 4.85. The molecule has 28 heavy (non-hydrogen) atoms. The summed E-state index contributed by atoms with van der Waals surface area (Å²) in [5.74, 6) is 2.35. The van der Waals surface area contributed by atoms with Gasteiger partial charge in [0.05, 0.1) is 0 Å². The number of anilines is 3. The first-order chi connectivity index (χ1) is 13.7. The average molecular weight is 381 g/mol. The van der Waals surface area contributed by atoms with Crippen LogP contribution in [0.15, 0.2) is 18.2 Å². The molecule has 0 bridgehead atoms. The number of nitrogens with zero attached hydrogens (tertiary/aromatic N) is 5. The van der Waals surface area contributed by atoms with Crippen LogP contribution in [0.2, 0.25) is 0 Å². The molecule has 2 aliphatic heterocycles. The van der Waals surface area contributed by atoms with Crippen molar-refractivity contribution < 1.29 is 0 Å². The number of benzene rings is 1. The van der Waals surface area contributed by atoms with Gasteiger partial charge >= 0.3 is 0 Å². The topological polar surface area (TPSA) is 57.2 Å². The molecular weight excluding hydrogens is 348 g/mol. The fourth-order valence-electron chi connectivity index (χ4n) is 4.26. The summed E-state index contributed by atoms with van der Waals surface area (Å²) < 4.78 is 0. The zero-order valence-electron chi connectivity index (χ0n) is 17.2. The van der Waals surface area contributed by atoms with E-state index in [1.165, 1.54) is 55.2 Å². The first-order valence-electron chi connectivity index (χ1n) is 10.7. The Morgan fingerprint density at radius 2 is 1.21 bits per heavy atom.